The summed E-state index contributed by atoms with van der Waals surface area (Å²) in [5.74, 6) is -0.106. The fourth-order valence-corrected chi connectivity index (χ4v) is 3.08. The van der Waals surface area contributed by atoms with Crippen LogP contribution in [0.2, 0.25) is 0 Å². The second-order valence-corrected chi connectivity index (χ2v) is 6.02. The molecule has 0 bridgehead atoms. The Labute approximate surface area is 146 Å². The number of benzene rings is 1. The van der Waals surface area contributed by atoms with Crippen molar-refractivity contribution in [2.75, 3.05) is 33.2 Å². The summed E-state index contributed by atoms with van der Waals surface area (Å²) in [5, 5.41) is 2.70. The van der Waals surface area contributed by atoms with Crippen molar-refractivity contribution in [1.82, 2.24) is 20.1 Å². The first-order valence-electron chi connectivity index (χ1n) is 8.36. The summed E-state index contributed by atoms with van der Waals surface area (Å²) < 4.78 is 5.09. The molecule has 0 aliphatic carbocycles. The molecule has 7 nitrogen and oxygen atoms in total. The van der Waals surface area contributed by atoms with E-state index >= 15 is 0 Å². The zero-order valence-corrected chi connectivity index (χ0v) is 14.2. The molecule has 1 aliphatic rings. The third-order valence-corrected chi connectivity index (χ3v) is 4.50. The normalized spacial score (nSPS) is 18.1. The number of amides is 2. The maximum atomic E-state index is 12.4. The SMILES string of the molecule is CNC(=O)C1CN(C(=O)c2cnco2)CCN1CCc1ccccc1. The number of piperazine rings is 1. The molecule has 3 rings (SSSR count). The number of rotatable bonds is 5. The van der Waals surface area contributed by atoms with Crippen molar-refractivity contribution < 1.29 is 14.0 Å². The minimum atomic E-state index is -0.366. The summed E-state index contributed by atoms with van der Waals surface area (Å²) in [4.78, 5) is 32.3. The largest absolute Gasteiger partial charge is 0.438 e. The van der Waals surface area contributed by atoms with Crippen LogP contribution < -0.4 is 5.32 Å². The van der Waals surface area contributed by atoms with E-state index in [9.17, 15) is 9.59 Å². The number of hydrogen-bond donors (Lipinski definition) is 1. The molecular weight excluding hydrogens is 320 g/mol. The number of likely N-dealkylation sites (N-methyl/N-ethyl adjacent to an activating group) is 1. The molecule has 0 radical (unpaired) electrons. The van der Waals surface area contributed by atoms with Crippen molar-refractivity contribution in [1.29, 1.82) is 0 Å². The first-order valence-corrected chi connectivity index (χ1v) is 8.36. The number of aromatic nitrogens is 1. The fourth-order valence-electron chi connectivity index (χ4n) is 3.08. The lowest BCUT2D eigenvalue weighted by atomic mass is 10.1. The Hall–Kier alpha value is -2.67. The first-order chi connectivity index (χ1) is 12.2. The highest BCUT2D eigenvalue weighted by molar-refractivity contribution is 5.92. The van der Waals surface area contributed by atoms with Gasteiger partial charge in [0.15, 0.2) is 6.39 Å². The van der Waals surface area contributed by atoms with Gasteiger partial charge in [-0.2, -0.15) is 0 Å². The third kappa shape index (κ3) is 4.06. The van der Waals surface area contributed by atoms with Crippen molar-refractivity contribution >= 4 is 11.8 Å². The molecule has 1 aliphatic heterocycles. The van der Waals surface area contributed by atoms with Crippen LogP contribution in [0, 0.1) is 0 Å². The predicted octanol–water partition coefficient (Wildman–Crippen LogP) is 0.790. The molecule has 1 aromatic carbocycles. The number of hydrogen-bond acceptors (Lipinski definition) is 5. The molecule has 132 valence electrons. The molecular formula is C18H22N4O3. The second-order valence-electron chi connectivity index (χ2n) is 6.02. The van der Waals surface area contributed by atoms with Crippen LogP contribution in [0.5, 0.6) is 0 Å². The Bertz CT molecular complexity index is 702. The Morgan fingerprint density at radius 3 is 2.76 bits per heavy atom. The van der Waals surface area contributed by atoms with Crippen molar-refractivity contribution in [2.24, 2.45) is 0 Å². The predicted molar refractivity (Wildman–Crippen MR) is 92.0 cm³/mol. The summed E-state index contributed by atoms with van der Waals surface area (Å²) in [5.41, 5.74) is 1.23. The van der Waals surface area contributed by atoms with E-state index in [2.05, 4.69) is 27.3 Å². The zero-order valence-electron chi connectivity index (χ0n) is 14.2. The Morgan fingerprint density at radius 1 is 1.28 bits per heavy atom. The lowest BCUT2D eigenvalue weighted by Gasteiger charge is -2.40. The standard InChI is InChI=1S/C18H22N4O3/c1-19-17(23)15-12-22(18(24)16-11-20-13-25-16)10-9-21(15)8-7-14-5-3-2-4-6-14/h2-6,11,13,15H,7-10,12H2,1H3,(H,19,23). The summed E-state index contributed by atoms with van der Waals surface area (Å²) in [6.45, 7) is 2.31. The molecule has 0 saturated carbocycles. The van der Waals surface area contributed by atoms with Gasteiger partial charge in [-0.3, -0.25) is 14.5 Å². The minimum Gasteiger partial charge on any atom is -0.438 e. The maximum absolute atomic E-state index is 12.4. The zero-order chi connectivity index (χ0) is 17.6. The molecule has 25 heavy (non-hydrogen) atoms. The van der Waals surface area contributed by atoms with Crippen molar-refractivity contribution in [2.45, 2.75) is 12.5 Å². The van der Waals surface area contributed by atoms with Crippen LogP contribution in [0.25, 0.3) is 0 Å². The average molecular weight is 342 g/mol. The quantitative estimate of drug-likeness (QED) is 0.869. The van der Waals surface area contributed by atoms with Crippen LogP contribution in [0.15, 0.2) is 47.3 Å². The molecule has 1 fully saturated rings. The smallest absolute Gasteiger partial charge is 0.291 e. The maximum Gasteiger partial charge on any atom is 0.291 e. The van der Waals surface area contributed by atoms with E-state index in [-0.39, 0.29) is 23.6 Å². The van der Waals surface area contributed by atoms with Gasteiger partial charge in [0.05, 0.1) is 6.20 Å². The van der Waals surface area contributed by atoms with Crippen molar-refractivity contribution in [3.8, 4) is 0 Å². The van der Waals surface area contributed by atoms with Crippen LogP contribution in [0.3, 0.4) is 0 Å². The van der Waals surface area contributed by atoms with Crippen LogP contribution in [-0.2, 0) is 11.2 Å². The number of nitrogens with one attached hydrogen (secondary N) is 1. The van der Waals surface area contributed by atoms with Crippen LogP contribution in [0.4, 0.5) is 0 Å². The second kappa shape index (κ2) is 7.94. The molecule has 1 N–H and O–H groups in total. The topological polar surface area (TPSA) is 78.7 Å². The van der Waals surface area contributed by atoms with Gasteiger partial charge in [0, 0.05) is 33.2 Å². The lowest BCUT2D eigenvalue weighted by molar-refractivity contribution is -0.127. The van der Waals surface area contributed by atoms with E-state index in [1.54, 1.807) is 11.9 Å². The van der Waals surface area contributed by atoms with Crippen LogP contribution >= 0.6 is 0 Å². The van der Waals surface area contributed by atoms with Gasteiger partial charge in [0.1, 0.15) is 6.04 Å². The Kier molecular flexibility index (Phi) is 5.45. The van der Waals surface area contributed by atoms with E-state index < -0.39 is 0 Å². The monoisotopic (exact) mass is 342 g/mol. The molecule has 2 heterocycles. The van der Waals surface area contributed by atoms with Crippen molar-refractivity contribution in [3.05, 3.63) is 54.2 Å². The highest BCUT2D eigenvalue weighted by Crippen LogP contribution is 2.15. The summed E-state index contributed by atoms with van der Waals surface area (Å²) in [6.07, 6.45) is 3.50. The van der Waals surface area contributed by atoms with Gasteiger partial charge in [-0.05, 0) is 12.0 Å². The van der Waals surface area contributed by atoms with E-state index in [1.165, 1.54) is 18.2 Å². The molecule has 2 aromatic rings. The van der Waals surface area contributed by atoms with Crippen LogP contribution in [-0.4, -0.2) is 65.9 Å². The molecule has 1 atom stereocenters. The third-order valence-electron chi connectivity index (χ3n) is 4.50. The Morgan fingerprint density at radius 2 is 2.08 bits per heavy atom. The Balaban J connectivity index is 1.66. The van der Waals surface area contributed by atoms with E-state index in [1.807, 2.05) is 18.2 Å². The highest BCUT2D eigenvalue weighted by atomic mass is 16.3. The van der Waals surface area contributed by atoms with E-state index in [0.29, 0.717) is 19.6 Å². The van der Waals surface area contributed by atoms with Gasteiger partial charge in [-0.15, -0.1) is 0 Å². The van der Waals surface area contributed by atoms with Crippen molar-refractivity contribution in [3.63, 3.8) is 0 Å². The number of carbonyl (C=O) groups excluding carboxylic acids is 2. The number of nitrogens with zero attached hydrogens (tertiary/aromatic N) is 3. The summed E-state index contributed by atoms with van der Waals surface area (Å²) in [6, 6.07) is 9.82. The molecule has 7 heteroatoms. The highest BCUT2D eigenvalue weighted by Gasteiger charge is 2.34. The van der Waals surface area contributed by atoms with E-state index in [0.717, 1.165) is 13.0 Å². The van der Waals surface area contributed by atoms with Crippen LogP contribution in [0.1, 0.15) is 16.1 Å². The number of oxazole rings is 1. The summed E-state index contributed by atoms with van der Waals surface area (Å²) >= 11 is 0. The minimum absolute atomic E-state index is 0.0804. The van der Waals surface area contributed by atoms with Gasteiger partial charge in [-0.1, -0.05) is 30.3 Å². The number of carbonyl (C=O) groups is 2. The average Bonchev–Trinajstić information content (AvgIpc) is 3.20. The van der Waals surface area contributed by atoms with Gasteiger partial charge in [-0.25, -0.2) is 4.98 Å². The lowest BCUT2D eigenvalue weighted by Crippen LogP contribution is -2.60. The van der Waals surface area contributed by atoms with E-state index in [4.69, 9.17) is 4.42 Å². The molecule has 2 amide bonds. The van der Waals surface area contributed by atoms with Gasteiger partial charge < -0.3 is 14.6 Å². The van der Waals surface area contributed by atoms with Gasteiger partial charge in [0.2, 0.25) is 11.7 Å². The van der Waals surface area contributed by atoms with Gasteiger partial charge >= 0.3 is 0 Å². The fraction of sp³-hybridized carbons (Fsp3) is 0.389. The molecule has 1 unspecified atom stereocenters. The molecule has 1 aromatic heterocycles. The summed E-state index contributed by atoms with van der Waals surface area (Å²) in [7, 11) is 1.62. The van der Waals surface area contributed by atoms with Gasteiger partial charge in [0.25, 0.3) is 5.91 Å². The molecule has 1 saturated heterocycles. The molecule has 0 spiro atoms. The first kappa shape index (κ1) is 17.2.